The van der Waals surface area contributed by atoms with E-state index in [0.29, 0.717) is 5.56 Å². The lowest BCUT2D eigenvalue weighted by Crippen LogP contribution is -2.65. The largest absolute Gasteiger partial charge is 0.508 e. The van der Waals surface area contributed by atoms with Crippen molar-refractivity contribution in [2.45, 2.75) is 49.9 Å². The number of amides is 1. The molecule has 1 amide bonds. The standard InChI is InChI=1S/C33H38N4O7/c1-36(2)27-21-15-18-14-20-22(35-19-10-12-37(13-11-19)16-17-6-4-3-5-7-17)8-9-23(38)25(20)28(39)24(18)30(41)33(21,44)31(42)26(29(27)40)32(34)43/h3-9,18-19,21,27,35,38-39,42,44H,10-16H2,1-2H3,(H2,34,43)/t18-,21-,27+,33+/m1/s1. The number of hydrogen-bond donors (Lipinski definition) is 6. The van der Waals surface area contributed by atoms with Crippen LogP contribution in [0.15, 0.2) is 59.4 Å². The van der Waals surface area contributed by atoms with Gasteiger partial charge in [0.25, 0.3) is 5.91 Å². The smallest absolute Gasteiger partial charge is 0.255 e. The lowest BCUT2D eigenvalue weighted by Gasteiger charge is -2.50. The van der Waals surface area contributed by atoms with E-state index in [4.69, 9.17) is 5.73 Å². The van der Waals surface area contributed by atoms with Gasteiger partial charge in [0, 0.05) is 42.9 Å². The molecule has 4 atom stereocenters. The molecule has 2 aromatic carbocycles. The fraction of sp³-hybridized carbons (Fsp3) is 0.424. The molecule has 2 fully saturated rings. The third kappa shape index (κ3) is 4.66. The third-order valence-electron chi connectivity index (χ3n) is 9.80. The van der Waals surface area contributed by atoms with Crippen LogP contribution in [0.3, 0.4) is 0 Å². The van der Waals surface area contributed by atoms with Crippen LogP contribution in [-0.4, -0.2) is 92.6 Å². The first-order chi connectivity index (χ1) is 20.9. The molecule has 0 unspecified atom stereocenters. The molecule has 0 spiro atoms. The summed E-state index contributed by atoms with van der Waals surface area (Å²) in [6.45, 7) is 2.70. The lowest BCUT2D eigenvalue weighted by molar-refractivity contribution is -0.153. The molecule has 1 saturated heterocycles. The first kappa shape index (κ1) is 29.9. The maximum absolute atomic E-state index is 14.0. The molecule has 11 heteroatoms. The zero-order valence-corrected chi connectivity index (χ0v) is 24.8. The van der Waals surface area contributed by atoms with Crippen LogP contribution in [0.25, 0.3) is 5.76 Å². The third-order valence-corrected chi connectivity index (χ3v) is 9.80. The predicted octanol–water partition coefficient (Wildman–Crippen LogP) is 2.04. The molecule has 3 aliphatic carbocycles. The minimum atomic E-state index is -2.65. The van der Waals surface area contributed by atoms with Crippen molar-refractivity contribution < 1.29 is 34.8 Å². The van der Waals surface area contributed by atoms with E-state index in [9.17, 15) is 34.8 Å². The average Bonchev–Trinajstić information content (AvgIpc) is 2.97. The highest BCUT2D eigenvalue weighted by molar-refractivity contribution is 6.24. The van der Waals surface area contributed by atoms with Crippen molar-refractivity contribution in [3.05, 3.63) is 76.1 Å². The molecule has 232 valence electrons. The Balaban J connectivity index is 1.31. The summed E-state index contributed by atoms with van der Waals surface area (Å²) in [6, 6.07) is 12.6. The lowest BCUT2D eigenvalue weighted by atomic mass is 9.57. The Labute approximate surface area is 255 Å². The number of Topliss-reactive ketones (excluding diaryl/α,β-unsaturated/α-hetero) is 2. The van der Waals surface area contributed by atoms with E-state index < -0.39 is 58.0 Å². The summed E-state index contributed by atoms with van der Waals surface area (Å²) < 4.78 is 0. The number of carbonyl (C=O) groups excluding carboxylic acids is 3. The second kappa shape index (κ2) is 11.1. The topological polar surface area (TPSA) is 177 Å². The summed E-state index contributed by atoms with van der Waals surface area (Å²) in [5, 5.41) is 48.7. The second-order valence-corrected chi connectivity index (χ2v) is 12.6. The molecule has 0 bridgehead atoms. The highest BCUT2D eigenvalue weighted by Gasteiger charge is 2.64. The zero-order valence-electron chi connectivity index (χ0n) is 24.8. The zero-order chi connectivity index (χ0) is 31.5. The molecule has 1 aliphatic heterocycles. The summed E-state index contributed by atoms with van der Waals surface area (Å²) in [4.78, 5) is 43.4. The van der Waals surface area contributed by atoms with Gasteiger partial charge in [0.15, 0.2) is 11.4 Å². The van der Waals surface area contributed by atoms with Gasteiger partial charge in [-0.3, -0.25) is 24.2 Å². The Morgan fingerprint density at radius 3 is 2.39 bits per heavy atom. The van der Waals surface area contributed by atoms with Gasteiger partial charge in [0.1, 0.15) is 22.8 Å². The first-order valence-electron chi connectivity index (χ1n) is 15.0. The number of phenolic OH excluding ortho intramolecular Hbond substituents is 1. The fourth-order valence-electron chi connectivity index (χ4n) is 7.68. The van der Waals surface area contributed by atoms with E-state index in [0.717, 1.165) is 38.2 Å². The van der Waals surface area contributed by atoms with Gasteiger partial charge in [-0.15, -0.1) is 0 Å². The average molecular weight is 603 g/mol. The molecule has 6 rings (SSSR count). The van der Waals surface area contributed by atoms with Gasteiger partial charge in [0.2, 0.25) is 5.78 Å². The molecule has 0 radical (unpaired) electrons. The number of likely N-dealkylation sites (N-methyl/N-ethyl adjacent to an activating group) is 1. The van der Waals surface area contributed by atoms with Gasteiger partial charge in [-0.25, -0.2) is 0 Å². The molecule has 11 nitrogen and oxygen atoms in total. The number of nitrogens with two attached hydrogens (primary N) is 1. The Morgan fingerprint density at radius 2 is 1.75 bits per heavy atom. The maximum Gasteiger partial charge on any atom is 0.255 e. The summed E-state index contributed by atoms with van der Waals surface area (Å²) in [6.07, 6.45) is 2.09. The number of primary amides is 1. The van der Waals surface area contributed by atoms with Crippen LogP contribution in [0.5, 0.6) is 5.75 Å². The van der Waals surface area contributed by atoms with Crippen molar-refractivity contribution in [2.24, 2.45) is 17.6 Å². The molecule has 0 aromatic heterocycles. The Hall–Kier alpha value is -4.19. The van der Waals surface area contributed by atoms with Crippen molar-refractivity contribution in [3.63, 3.8) is 0 Å². The number of aliphatic hydroxyl groups is 3. The van der Waals surface area contributed by atoms with Gasteiger partial charge < -0.3 is 31.5 Å². The van der Waals surface area contributed by atoms with Crippen LogP contribution < -0.4 is 11.1 Å². The highest BCUT2D eigenvalue weighted by atomic mass is 16.3. The van der Waals surface area contributed by atoms with Gasteiger partial charge in [0.05, 0.1) is 11.6 Å². The number of anilines is 1. The SMILES string of the molecule is CN(C)[C@@H]1C(=O)C(C(N)=O)=C(O)[C@@]2(O)C(=O)C3=C(O)c4c(O)ccc(NC5CCN(Cc6ccccc6)CC5)c4C[C@@H]3C[C@H]12. The summed E-state index contributed by atoms with van der Waals surface area (Å²) in [5.74, 6) is -6.57. The second-order valence-electron chi connectivity index (χ2n) is 12.6. The molecule has 7 N–H and O–H groups in total. The number of nitrogens with zero attached hydrogens (tertiary/aromatic N) is 2. The number of hydrogen-bond acceptors (Lipinski definition) is 10. The summed E-state index contributed by atoms with van der Waals surface area (Å²) in [5.41, 5.74) is 4.50. The van der Waals surface area contributed by atoms with Crippen molar-refractivity contribution in [3.8, 4) is 5.75 Å². The van der Waals surface area contributed by atoms with E-state index in [1.165, 1.54) is 16.5 Å². The first-order valence-corrected chi connectivity index (χ1v) is 15.0. The Kier molecular flexibility index (Phi) is 7.51. The van der Waals surface area contributed by atoms with E-state index in [1.807, 2.05) is 18.2 Å². The summed E-state index contributed by atoms with van der Waals surface area (Å²) >= 11 is 0. The number of benzene rings is 2. The number of aliphatic hydroxyl groups excluding tert-OH is 2. The van der Waals surface area contributed by atoms with Crippen molar-refractivity contribution in [2.75, 3.05) is 32.5 Å². The van der Waals surface area contributed by atoms with Crippen molar-refractivity contribution in [1.82, 2.24) is 9.80 Å². The van der Waals surface area contributed by atoms with Crippen LogP contribution in [0.2, 0.25) is 0 Å². The number of ketones is 2. The Bertz CT molecular complexity index is 1590. The van der Waals surface area contributed by atoms with Gasteiger partial charge in [-0.2, -0.15) is 0 Å². The maximum atomic E-state index is 14.0. The highest BCUT2D eigenvalue weighted by Crippen LogP contribution is 2.53. The number of phenols is 1. The Morgan fingerprint density at radius 1 is 1.07 bits per heavy atom. The molecule has 44 heavy (non-hydrogen) atoms. The molecule has 2 aromatic rings. The molecular weight excluding hydrogens is 564 g/mol. The van der Waals surface area contributed by atoms with E-state index in [1.54, 1.807) is 20.2 Å². The number of piperidine rings is 1. The number of nitrogens with one attached hydrogen (secondary N) is 1. The van der Waals surface area contributed by atoms with Crippen LogP contribution in [0.1, 0.15) is 36.0 Å². The summed E-state index contributed by atoms with van der Waals surface area (Å²) in [7, 11) is 3.16. The molecule has 4 aliphatic rings. The molecule has 1 heterocycles. The minimum absolute atomic E-state index is 0.0543. The van der Waals surface area contributed by atoms with E-state index in [2.05, 4.69) is 22.3 Å². The van der Waals surface area contributed by atoms with E-state index >= 15 is 0 Å². The fourth-order valence-corrected chi connectivity index (χ4v) is 7.68. The predicted molar refractivity (Wildman–Crippen MR) is 163 cm³/mol. The van der Waals surface area contributed by atoms with Crippen LogP contribution >= 0.6 is 0 Å². The van der Waals surface area contributed by atoms with E-state index in [-0.39, 0.29) is 35.8 Å². The quantitative estimate of drug-likeness (QED) is 0.212. The number of aromatic hydroxyl groups is 1. The molecular formula is C33H38N4O7. The minimum Gasteiger partial charge on any atom is -0.508 e. The molecule has 1 saturated carbocycles. The van der Waals surface area contributed by atoms with Gasteiger partial charge >= 0.3 is 0 Å². The number of carbonyl (C=O) groups is 3. The van der Waals surface area contributed by atoms with Gasteiger partial charge in [-0.1, -0.05) is 30.3 Å². The number of fused-ring (bicyclic) bond motifs is 3. The van der Waals surface area contributed by atoms with Crippen LogP contribution in [0, 0.1) is 11.8 Å². The number of rotatable bonds is 6. The van der Waals surface area contributed by atoms with Gasteiger partial charge in [-0.05, 0) is 69.0 Å². The van der Waals surface area contributed by atoms with Crippen molar-refractivity contribution >= 4 is 28.9 Å². The number of likely N-dealkylation sites (tertiary alicyclic amines) is 1. The van der Waals surface area contributed by atoms with Crippen LogP contribution in [0.4, 0.5) is 5.69 Å². The normalized spacial score (nSPS) is 27.7. The monoisotopic (exact) mass is 602 g/mol. The van der Waals surface area contributed by atoms with Crippen molar-refractivity contribution in [1.29, 1.82) is 0 Å². The van der Waals surface area contributed by atoms with Crippen LogP contribution in [-0.2, 0) is 27.3 Å².